The van der Waals surface area contributed by atoms with Crippen LogP contribution in [0.1, 0.15) is 16.5 Å². The molecule has 7 heteroatoms. The molecule has 5 nitrogen and oxygen atoms in total. The van der Waals surface area contributed by atoms with Gasteiger partial charge in [0.1, 0.15) is 5.82 Å². The molecule has 1 unspecified atom stereocenters. The predicted octanol–water partition coefficient (Wildman–Crippen LogP) is 1.56. The number of thiophene rings is 1. The van der Waals surface area contributed by atoms with Gasteiger partial charge in [-0.2, -0.15) is 5.10 Å². The van der Waals surface area contributed by atoms with Gasteiger partial charge in [0.05, 0.1) is 12.2 Å². The van der Waals surface area contributed by atoms with Gasteiger partial charge < -0.3 is 5.73 Å². The topological polar surface area (TPSA) is 92.7 Å². The minimum Gasteiger partial charge on any atom is -0.384 e. The Balaban J connectivity index is 2.19. The van der Waals surface area contributed by atoms with Crippen molar-refractivity contribution >= 4 is 33.1 Å². The summed E-state index contributed by atoms with van der Waals surface area (Å²) in [5.74, 6) is 6.09. The number of hydrazine groups is 1. The standard InChI is InChI=1S/C9H12BrN5S/c10-6-1-2-16-8(6)3-7(14-12)5-4-13-15-9(5)11/h1-2,4,7,14H,3,12H2,(H3,11,13,15). The number of hydrogen-bond donors (Lipinski definition) is 4. The summed E-state index contributed by atoms with van der Waals surface area (Å²) in [5.41, 5.74) is 9.41. The zero-order valence-electron chi connectivity index (χ0n) is 8.40. The lowest BCUT2D eigenvalue weighted by molar-refractivity contribution is 0.556. The third-order valence-corrected chi connectivity index (χ3v) is 4.31. The Morgan fingerprint density at radius 3 is 2.94 bits per heavy atom. The van der Waals surface area contributed by atoms with Gasteiger partial charge in [-0.25, -0.2) is 0 Å². The highest BCUT2D eigenvalue weighted by Gasteiger charge is 2.17. The molecule has 0 bridgehead atoms. The molecule has 2 heterocycles. The fraction of sp³-hybridized carbons (Fsp3) is 0.222. The lowest BCUT2D eigenvalue weighted by atomic mass is 10.1. The van der Waals surface area contributed by atoms with Crippen molar-refractivity contribution in [3.8, 4) is 0 Å². The Labute approximate surface area is 105 Å². The van der Waals surface area contributed by atoms with Crippen LogP contribution in [-0.2, 0) is 6.42 Å². The van der Waals surface area contributed by atoms with Crippen molar-refractivity contribution in [1.82, 2.24) is 15.6 Å². The molecular formula is C9H12BrN5S. The minimum absolute atomic E-state index is 0.0336. The molecule has 0 amide bonds. The van der Waals surface area contributed by atoms with E-state index in [9.17, 15) is 0 Å². The smallest absolute Gasteiger partial charge is 0.123 e. The Kier molecular flexibility index (Phi) is 3.59. The molecule has 2 aromatic rings. The molecule has 86 valence electrons. The van der Waals surface area contributed by atoms with Crippen LogP contribution in [-0.4, -0.2) is 10.2 Å². The maximum atomic E-state index is 5.76. The largest absolute Gasteiger partial charge is 0.384 e. The van der Waals surface area contributed by atoms with Crippen LogP contribution in [0.3, 0.4) is 0 Å². The van der Waals surface area contributed by atoms with Gasteiger partial charge in [0.2, 0.25) is 0 Å². The molecule has 2 aromatic heterocycles. The third-order valence-electron chi connectivity index (χ3n) is 2.36. The number of anilines is 1. The molecule has 0 aromatic carbocycles. The van der Waals surface area contributed by atoms with Crippen molar-refractivity contribution in [2.24, 2.45) is 5.84 Å². The normalized spacial score (nSPS) is 12.9. The van der Waals surface area contributed by atoms with E-state index in [1.54, 1.807) is 17.5 Å². The van der Waals surface area contributed by atoms with E-state index in [-0.39, 0.29) is 6.04 Å². The molecule has 0 radical (unpaired) electrons. The van der Waals surface area contributed by atoms with E-state index in [0.29, 0.717) is 5.82 Å². The second-order valence-electron chi connectivity index (χ2n) is 3.35. The number of nitrogens with two attached hydrogens (primary N) is 2. The summed E-state index contributed by atoms with van der Waals surface area (Å²) in [4.78, 5) is 1.23. The maximum absolute atomic E-state index is 5.76. The number of nitrogens with zero attached hydrogens (tertiary/aromatic N) is 1. The van der Waals surface area contributed by atoms with Crippen LogP contribution < -0.4 is 17.0 Å². The van der Waals surface area contributed by atoms with Gasteiger partial charge in [-0.1, -0.05) is 0 Å². The van der Waals surface area contributed by atoms with E-state index < -0.39 is 0 Å². The summed E-state index contributed by atoms with van der Waals surface area (Å²) in [6.45, 7) is 0. The monoisotopic (exact) mass is 301 g/mol. The van der Waals surface area contributed by atoms with Crippen LogP contribution in [0.15, 0.2) is 22.1 Å². The molecule has 0 aliphatic heterocycles. The number of aromatic amines is 1. The van der Waals surface area contributed by atoms with Crippen molar-refractivity contribution in [3.63, 3.8) is 0 Å². The summed E-state index contributed by atoms with van der Waals surface area (Å²) in [6.07, 6.45) is 2.47. The number of hydrogen-bond acceptors (Lipinski definition) is 5. The van der Waals surface area contributed by atoms with Crippen molar-refractivity contribution in [2.45, 2.75) is 12.5 Å². The number of H-pyrrole nitrogens is 1. The summed E-state index contributed by atoms with van der Waals surface area (Å²) < 4.78 is 1.10. The van der Waals surface area contributed by atoms with Gasteiger partial charge in [-0.15, -0.1) is 11.3 Å². The summed E-state index contributed by atoms with van der Waals surface area (Å²) >= 11 is 5.18. The van der Waals surface area contributed by atoms with Gasteiger partial charge in [-0.3, -0.25) is 16.4 Å². The second kappa shape index (κ2) is 4.96. The SMILES string of the molecule is NNC(Cc1sccc1Br)c1cn[nH]c1N. The van der Waals surface area contributed by atoms with E-state index in [4.69, 9.17) is 11.6 Å². The second-order valence-corrected chi connectivity index (χ2v) is 5.21. The number of rotatable bonds is 4. The Morgan fingerprint density at radius 2 is 2.44 bits per heavy atom. The van der Waals surface area contributed by atoms with E-state index in [0.717, 1.165) is 16.5 Å². The van der Waals surface area contributed by atoms with E-state index in [1.165, 1.54) is 4.88 Å². The first-order chi connectivity index (χ1) is 7.72. The molecule has 0 spiro atoms. The van der Waals surface area contributed by atoms with Crippen molar-refractivity contribution in [3.05, 3.63) is 32.6 Å². The lowest BCUT2D eigenvalue weighted by Gasteiger charge is -2.14. The van der Waals surface area contributed by atoms with Gasteiger partial charge >= 0.3 is 0 Å². The highest BCUT2D eigenvalue weighted by atomic mass is 79.9. The molecule has 0 fully saturated rings. The molecule has 0 aliphatic rings. The molecule has 0 saturated carbocycles. The van der Waals surface area contributed by atoms with Crippen LogP contribution in [0.4, 0.5) is 5.82 Å². The van der Waals surface area contributed by atoms with Crippen molar-refractivity contribution < 1.29 is 0 Å². The first-order valence-corrected chi connectivity index (χ1v) is 6.36. The molecule has 0 saturated heterocycles. The van der Waals surface area contributed by atoms with Gasteiger partial charge in [0, 0.05) is 21.3 Å². The average molecular weight is 302 g/mol. The third kappa shape index (κ3) is 2.27. The first-order valence-electron chi connectivity index (χ1n) is 4.69. The fourth-order valence-corrected chi connectivity index (χ4v) is 3.06. The highest BCUT2D eigenvalue weighted by molar-refractivity contribution is 9.10. The number of aromatic nitrogens is 2. The Bertz CT molecular complexity index is 466. The quantitative estimate of drug-likeness (QED) is 0.509. The molecule has 2 rings (SSSR count). The molecular weight excluding hydrogens is 290 g/mol. The summed E-state index contributed by atoms with van der Waals surface area (Å²) in [6, 6.07) is 1.99. The first kappa shape index (κ1) is 11.6. The Morgan fingerprint density at radius 1 is 1.62 bits per heavy atom. The zero-order chi connectivity index (χ0) is 11.5. The van der Waals surface area contributed by atoms with Crippen LogP contribution in [0, 0.1) is 0 Å². The highest BCUT2D eigenvalue weighted by Crippen LogP contribution is 2.29. The summed E-state index contributed by atoms with van der Waals surface area (Å²) in [5, 5.41) is 8.62. The number of nitrogens with one attached hydrogen (secondary N) is 2. The Hall–Kier alpha value is -0.890. The molecule has 0 aliphatic carbocycles. The van der Waals surface area contributed by atoms with Crippen molar-refractivity contribution in [2.75, 3.05) is 5.73 Å². The summed E-state index contributed by atoms with van der Waals surface area (Å²) in [7, 11) is 0. The van der Waals surface area contributed by atoms with Gasteiger partial charge in [-0.05, 0) is 27.4 Å². The average Bonchev–Trinajstić information content (AvgIpc) is 2.85. The number of halogens is 1. The van der Waals surface area contributed by atoms with E-state index in [1.807, 2.05) is 11.4 Å². The van der Waals surface area contributed by atoms with Crippen LogP contribution in [0.2, 0.25) is 0 Å². The van der Waals surface area contributed by atoms with Gasteiger partial charge in [0.25, 0.3) is 0 Å². The molecule has 1 atom stereocenters. The van der Waals surface area contributed by atoms with Gasteiger partial charge in [0.15, 0.2) is 0 Å². The van der Waals surface area contributed by atoms with E-state index in [2.05, 4.69) is 31.6 Å². The minimum atomic E-state index is -0.0336. The van der Waals surface area contributed by atoms with Crippen molar-refractivity contribution in [1.29, 1.82) is 0 Å². The predicted molar refractivity (Wildman–Crippen MR) is 68.8 cm³/mol. The zero-order valence-corrected chi connectivity index (χ0v) is 10.8. The van der Waals surface area contributed by atoms with Crippen LogP contribution >= 0.6 is 27.3 Å². The van der Waals surface area contributed by atoms with Crippen LogP contribution in [0.25, 0.3) is 0 Å². The molecule has 16 heavy (non-hydrogen) atoms. The molecule has 6 N–H and O–H groups in total. The van der Waals surface area contributed by atoms with E-state index >= 15 is 0 Å². The van der Waals surface area contributed by atoms with Crippen LogP contribution in [0.5, 0.6) is 0 Å². The lowest BCUT2D eigenvalue weighted by Crippen LogP contribution is -2.29. The maximum Gasteiger partial charge on any atom is 0.123 e. The fourth-order valence-electron chi connectivity index (χ4n) is 1.50. The number of nitrogen functional groups attached to an aromatic ring is 1.